The first kappa shape index (κ1) is 16.8. The lowest BCUT2D eigenvalue weighted by Crippen LogP contribution is -2.06. The Balaban J connectivity index is 0.000000956. The topological polar surface area (TPSA) is 46.2 Å². The average molecular weight is 273 g/mol. The number of rotatable bonds is 3. The molecule has 3 N–H and O–H groups in total. The highest BCUT2D eigenvalue weighted by molar-refractivity contribution is 5.38. The van der Waals surface area contributed by atoms with Crippen molar-refractivity contribution in [3.05, 3.63) is 35.4 Å². The number of hydrogen-bond acceptors (Lipinski definition) is 2. The van der Waals surface area contributed by atoms with Gasteiger partial charge in [-0.15, -0.1) is 0 Å². The van der Waals surface area contributed by atoms with Crippen molar-refractivity contribution in [3.8, 4) is 11.8 Å². The van der Waals surface area contributed by atoms with Crippen molar-refractivity contribution in [1.82, 2.24) is 0 Å². The van der Waals surface area contributed by atoms with Gasteiger partial charge in [0.15, 0.2) is 0 Å². The molecule has 2 rings (SSSR count). The monoisotopic (exact) mass is 273 g/mol. The Kier molecular flexibility index (Phi) is 8.02. The number of hydrogen-bond donors (Lipinski definition) is 2. The van der Waals surface area contributed by atoms with Gasteiger partial charge in [-0.1, -0.05) is 50.7 Å². The van der Waals surface area contributed by atoms with Gasteiger partial charge in [0.1, 0.15) is 0 Å². The second kappa shape index (κ2) is 9.58. The molecule has 110 valence electrons. The summed E-state index contributed by atoms with van der Waals surface area (Å²) in [5, 5.41) is 9.90. The highest BCUT2D eigenvalue weighted by atomic mass is 16.3. The Hall–Kier alpha value is -1.30. The maximum atomic E-state index is 9.90. The van der Waals surface area contributed by atoms with Crippen LogP contribution in [0.1, 0.15) is 63.2 Å². The lowest BCUT2D eigenvalue weighted by Gasteiger charge is -2.09. The van der Waals surface area contributed by atoms with Crippen LogP contribution in [0.3, 0.4) is 0 Å². The van der Waals surface area contributed by atoms with Crippen LogP contribution >= 0.6 is 0 Å². The zero-order valence-electron chi connectivity index (χ0n) is 12.7. The Morgan fingerprint density at radius 1 is 1.30 bits per heavy atom. The predicted octanol–water partition coefficient (Wildman–Crippen LogP) is 3.64. The van der Waals surface area contributed by atoms with Crippen molar-refractivity contribution in [1.29, 1.82) is 0 Å². The van der Waals surface area contributed by atoms with Crippen molar-refractivity contribution >= 4 is 0 Å². The zero-order chi connectivity index (χ0) is 14.8. The fourth-order valence-corrected chi connectivity index (χ4v) is 2.40. The molecule has 0 radical (unpaired) electrons. The summed E-state index contributed by atoms with van der Waals surface area (Å²) in [6.07, 6.45) is 5.23. The summed E-state index contributed by atoms with van der Waals surface area (Å²) in [7, 11) is 0. The van der Waals surface area contributed by atoms with Crippen LogP contribution in [0.25, 0.3) is 0 Å². The first-order valence-electron chi connectivity index (χ1n) is 7.79. The first-order valence-corrected chi connectivity index (χ1v) is 7.79. The highest BCUT2D eigenvalue weighted by Crippen LogP contribution is 2.24. The van der Waals surface area contributed by atoms with Crippen LogP contribution in [-0.4, -0.2) is 11.7 Å². The molecule has 1 fully saturated rings. The van der Waals surface area contributed by atoms with Crippen LogP contribution in [0.4, 0.5) is 0 Å². The molecule has 1 atom stereocenters. The van der Waals surface area contributed by atoms with Gasteiger partial charge in [-0.05, 0) is 43.5 Å². The fourth-order valence-electron chi connectivity index (χ4n) is 2.40. The maximum Gasteiger partial charge on any atom is 0.0802 e. The van der Waals surface area contributed by atoms with Crippen LogP contribution in [0.2, 0.25) is 0 Å². The maximum absolute atomic E-state index is 9.90. The Bertz CT molecular complexity index is 438. The Labute approximate surface area is 123 Å². The summed E-state index contributed by atoms with van der Waals surface area (Å²) in [4.78, 5) is 0. The molecule has 0 saturated heterocycles. The van der Waals surface area contributed by atoms with Gasteiger partial charge in [0, 0.05) is 11.5 Å². The van der Waals surface area contributed by atoms with Gasteiger partial charge in [-0.25, -0.2) is 0 Å². The van der Waals surface area contributed by atoms with Crippen LogP contribution < -0.4 is 5.73 Å². The molecule has 20 heavy (non-hydrogen) atoms. The van der Waals surface area contributed by atoms with Gasteiger partial charge in [-0.2, -0.15) is 0 Å². The molecule has 0 spiro atoms. The summed E-state index contributed by atoms with van der Waals surface area (Å²) in [5.74, 6) is 7.14. The van der Waals surface area contributed by atoms with E-state index in [1.807, 2.05) is 38.1 Å². The van der Waals surface area contributed by atoms with Crippen LogP contribution in [-0.2, 0) is 0 Å². The summed E-state index contributed by atoms with van der Waals surface area (Å²) < 4.78 is 0. The molecular weight excluding hydrogens is 246 g/mol. The molecule has 1 unspecified atom stereocenters. The minimum atomic E-state index is -0.469. The van der Waals surface area contributed by atoms with Crippen LogP contribution in [0.15, 0.2) is 24.3 Å². The van der Waals surface area contributed by atoms with E-state index in [1.54, 1.807) is 0 Å². The van der Waals surface area contributed by atoms with Crippen molar-refractivity contribution < 1.29 is 5.11 Å². The van der Waals surface area contributed by atoms with E-state index in [1.165, 1.54) is 25.7 Å². The molecule has 0 aromatic heterocycles. The van der Waals surface area contributed by atoms with E-state index in [-0.39, 0.29) is 0 Å². The Morgan fingerprint density at radius 2 is 2.00 bits per heavy atom. The largest absolute Gasteiger partial charge is 0.388 e. The third-order valence-corrected chi connectivity index (χ3v) is 3.49. The van der Waals surface area contributed by atoms with E-state index in [0.717, 1.165) is 11.1 Å². The van der Waals surface area contributed by atoms with Gasteiger partial charge >= 0.3 is 0 Å². The Morgan fingerprint density at radius 3 is 2.65 bits per heavy atom. The second-order valence-corrected chi connectivity index (χ2v) is 4.97. The number of benzene rings is 1. The summed E-state index contributed by atoms with van der Waals surface area (Å²) in [6.45, 7) is 4.50. The summed E-state index contributed by atoms with van der Waals surface area (Å²) >= 11 is 0. The van der Waals surface area contributed by atoms with Gasteiger partial charge in [0.25, 0.3) is 0 Å². The lowest BCUT2D eigenvalue weighted by molar-refractivity contribution is 0.170. The van der Waals surface area contributed by atoms with Gasteiger partial charge in [-0.3, -0.25) is 0 Å². The SMILES string of the molecule is CC.NCCC(O)c1cccc(C#CC2CCCC2)c1. The van der Waals surface area contributed by atoms with Crippen molar-refractivity contribution in [2.45, 2.75) is 52.1 Å². The van der Waals surface area contributed by atoms with Crippen LogP contribution in [0, 0.1) is 17.8 Å². The van der Waals surface area contributed by atoms with E-state index in [2.05, 4.69) is 11.8 Å². The highest BCUT2D eigenvalue weighted by Gasteiger charge is 2.11. The van der Waals surface area contributed by atoms with E-state index in [9.17, 15) is 5.11 Å². The lowest BCUT2D eigenvalue weighted by atomic mass is 10.0. The second-order valence-electron chi connectivity index (χ2n) is 4.97. The molecule has 1 aromatic rings. The minimum absolute atomic E-state index is 0.469. The quantitative estimate of drug-likeness (QED) is 0.826. The van der Waals surface area contributed by atoms with Crippen molar-refractivity contribution in [2.24, 2.45) is 11.7 Å². The van der Waals surface area contributed by atoms with Crippen LogP contribution in [0.5, 0.6) is 0 Å². The molecule has 0 bridgehead atoms. The molecule has 1 saturated carbocycles. The first-order chi connectivity index (χ1) is 9.79. The molecule has 1 aliphatic carbocycles. The molecule has 1 aliphatic rings. The normalized spacial score (nSPS) is 15.8. The number of nitrogens with two attached hydrogens (primary N) is 1. The van der Waals surface area contributed by atoms with E-state index in [4.69, 9.17) is 5.73 Å². The van der Waals surface area contributed by atoms with Gasteiger partial charge < -0.3 is 10.8 Å². The average Bonchev–Trinajstić information content (AvgIpc) is 3.01. The number of aliphatic hydroxyl groups excluding tert-OH is 1. The van der Waals surface area contributed by atoms with Gasteiger partial charge in [0.2, 0.25) is 0 Å². The third-order valence-electron chi connectivity index (χ3n) is 3.49. The van der Waals surface area contributed by atoms with E-state index >= 15 is 0 Å². The minimum Gasteiger partial charge on any atom is -0.388 e. The summed E-state index contributed by atoms with van der Waals surface area (Å²) in [5.41, 5.74) is 7.37. The standard InChI is InChI=1S/C16H21NO.C2H6/c17-11-10-16(18)15-7-3-6-14(12-15)9-8-13-4-1-2-5-13;1-2/h3,6-7,12-13,16,18H,1-2,4-5,10-11,17H2;1-2H3. The molecule has 0 amide bonds. The predicted molar refractivity (Wildman–Crippen MR) is 85.3 cm³/mol. The fraction of sp³-hybridized carbons (Fsp3) is 0.556. The smallest absolute Gasteiger partial charge is 0.0802 e. The van der Waals surface area contributed by atoms with Gasteiger partial charge in [0.05, 0.1) is 6.10 Å². The molecule has 2 nitrogen and oxygen atoms in total. The summed E-state index contributed by atoms with van der Waals surface area (Å²) in [6, 6.07) is 7.86. The van der Waals surface area contributed by atoms with E-state index in [0.29, 0.717) is 18.9 Å². The zero-order valence-corrected chi connectivity index (χ0v) is 12.7. The molecule has 1 aromatic carbocycles. The van der Waals surface area contributed by atoms with Crippen molar-refractivity contribution in [2.75, 3.05) is 6.54 Å². The number of aliphatic hydroxyl groups is 1. The van der Waals surface area contributed by atoms with E-state index < -0.39 is 6.10 Å². The molecule has 0 aliphatic heterocycles. The third kappa shape index (κ3) is 5.36. The molecular formula is C18H27NO. The van der Waals surface area contributed by atoms with Crippen molar-refractivity contribution in [3.63, 3.8) is 0 Å². The molecule has 2 heteroatoms. The molecule has 0 heterocycles.